The molecule has 100 valence electrons. The second-order valence-corrected chi connectivity index (χ2v) is 4.27. The summed E-state index contributed by atoms with van der Waals surface area (Å²) in [5, 5.41) is 37.4. The SMILES string of the molecule is CC(c1cc(O)c(O)cc1O)C(C)(NN)C(=O)O. The van der Waals surface area contributed by atoms with Gasteiger partial charge in [-0.2, -0.15) is 0 Å². The molecule has 7 nitrogen and oxygen atoms in total. The van der Waals surface area contributed by atoms with Crippen molar-refractivity contribution in [1.29, 1.82) is 0 Å². The van der Waals surface area contributed by atoms with Gasteiger partial charge in [0.05, 0.1) is 0 Å². The lowest BCUT2D eigenvalue weighted by molar-refractivity contribution is -0.145. The predicted octanol–water partition coefficient (Wildman–Crippen LogP) is 0.214. The molecule has 0 fully saturated rings. The van der Waals surface area contributed by atoms with Crippen LogP contribution in [0.3, 0.4) is 0 Å². The highest BCUT2D eigenvalue weighted by Crippen LogP contribution is 2.39. The second-order valence-electron chi connectivity index (χ2n) is 4.27. The molecule has 0 saturated heterocycles. The van der Waals surface area contributed by atoms with Crippen LogP contribution in [0.2, 0.25) is 0 Å². The quantitative estimate of drug-likeness (QED) is 0.196. The molecule has 0 heterocycles. The van der Waals surface area contributed by atoms with Gasteiger partial charge in [0.15, 0.2) is 11.5 Å². The summed E-state index contributed by atoms with van der Waals surface area (Å²) in [6.07, 6.45) is 0. The van der Waals surface area contributed by atoms with Crippen molar-refractivity contribution in [1.82, 2.24) is 5.43 Å². The summed E-state index contributed by atoms with van der Waals surface area (Å²) >= 11 is 0. The van der Waals surface area contributed by atoms with Gasteiger partial charge >= 0.3 is 5.97 Å². The molecule has 1 rings (SSSR count). The van der Waals surface area contributed by atoms with Crippen LogP contribution in [0.15, 0.2) is 12.1 Å². The summed E-state index contributed by atoms with van der Waals surface area (Å²) in [7, 11) is 0. The first-order valence-corrected chi connectivity index (χ1v) is 5.20. The van der Waals surface area contributed by atoms with Gasteiger partial charge in [0.25, 0.3) is 0 Å². The molecule has 0 amide bonds. The number of hydrogen-bond acceptors (Lipinski definition) is 6. The lowest BCUT2D eigenvalue weighted by atomic mass is 9.82. The third kappa shape index (κ3) is 2.18. The first-order chi connectivity index (χ1) is 8.24. The van der Waals surface area contributed by atoms with Crippen molar-refractivity contribution in [3.05, 3.63) is 17.7 Å². The molecule has 0 spiro atoms. The zero-order valence-electron chi connectivity index (χ0n) is 10.0. The largest absolute Gasteiger partial charge is 0.508 e. The van der Waals surface area contributed by atoms with Crippen molar-refractivity contribution in [2.45, 2.75) is 25.3 Å². The standard InChI is InChI=1S/C11H16N2O5/c1-5(11(2,13-12)10(17)18)6-3-8(15)9(16)4-7(6)14/h3-5,13-16H,12H2,1-2H3,(H,17,18). The van der Waals surface area contributed by atoms with E-state index in [1.165, 1.54) is 13.8 Å². The van der Waals surface area contributed by atoms with Gasteiger partial charge in [0, 0.05) is 17.5 Å². The second kappa shape index (κ2) is 4.71. The van der Waals surface area contributed by atoms with E-state index in [2.05, 4.69) is 5.43 Å². The fraction of sp³-hybridized carbons (Fsp3) is 0.364. The number of nitrogens with two attached hydrogens (primary N) is 1. The molecular weight excluding hydrogens is 240 g/mol. The molecule has 0 bridgehead atoms. The fourth-order valence-electron chi connectivity index (χ4n) is 1.61. The van der Waals surface area contributed by atoms with Gasteiger partial charge in [0.1, 0.15) is 11.3 Å². The van der Waals surface area contributed by atoms with Gasteiger partial charge in [-0.05, 0) is 13.0 Å². The molecule has 0 aromatic heterocycles. The molecule has 2 atom stereocenters. The number of carbonyl (C=O) groups is 1. The Hall–Kier alpha value is -1.99. The van der Waals surface area contributed by atoms with Crippen LogP contribution in [-0.2, 0) is 4.79 Å². The van der Waals surface area contributed by atoms with Crippen LogP contribution in [0.5, 0.6) is 17.2 Å². The lowest BCUT2D eigenvalue weighted by Gasteiger charge is -2.31. The highest BCUT2D eigenvalue weighted by atomic mass is 16.4. The number of aliphatic carboxylic acids is 1. The van der Waals surface area contributed by atoms with Crippen LogP contribution < -0.4 is 11.3 Å². The van der Waals surface area contributed by atoms with E-state index >= 15 is 0 Å². The topological polar surface area (TPSA) is 136 Å². The molecule has 0 aliphatic carbocycles. The number of hydrogen-bond donors (Lipinski definition) is 6. The van der Waals surface area contributed by atoms with Crippen molar-refractivity contribution in [3.8, 4) is 17.2 Å². The Balaban J connectivity index is 3.30. The van der Waals surface area contributed by atoms with E-state index in [0.717, 1.165) is 12.1 Å². The summed E-state index contributed by atoms with van der Waals surface area (Å²) in [6, 6.07) is 2.05. The van der Waals surface area contributed by atoms with Crippen molar-refractivity contribution < 1.29 is 25.2 Å². The monoisotopic (exact) mass is 256 g/mol. The summed E-state index contributed by atoms with van der Waals surface area (Å²) in [5.41, 5.74) is 0.816. The maximum absolute atomic E-state index is 11.2. The number of hydrazine groups is 1. The fourth-order valence-corrected chi connectivity index (χ4v) is 1.61. The lowest BCUT2D eigenvalue weighted by Crippen LogP contribution is -2.56. The van der Waals surface area contributed by atoms with Crippen LogP contribution in [0.4, 0.5) is 0 Å². The molecule has 7 N–H and O–H groups in total. The summed E-state index contributed by atoms with van der Waals surface area (Å²) < 4.78 is 0. The smallest absolute Gasteiger partial charge is 0.325 e. The Labute approximate surface area is 103 Å². The Morgan fingerprint density at radius 3 is 2.22 bits per heavy atom. The molecule has 18 heavy (non-hydrogen) atoms. The normalized spacial score (nSPS) is 15.9. The van der Waals surface area contributed by atoms with E-state index in [1.54, 1.807) is 0 Å². The number of nitrogens with one attached hydrogen (secondary N) is 1. The van der Waals surface area contributed by atoms with Gasteiger partial charge in [-0.25, -0.2) is 5.43 Å². The van der Waals surface area contributed by atoms with E-state index in [0.29, 0.717) is 0 Å². The third-order valence-electron chi connectivity index (χ3n) is 3.20. The minimum absolute atomic E-state index is 0.160. The molecule has 0 radical (unpaired) electrons. The molecule has 0 aliphatic heterocycles. The van der Waals surface area contributed by atoms with Gasteiger partial charge in [-0.1, -0.05) is 6.92 Å². The first-order valence-electron chi connectivity index (χ1n) is 5.20. The zero-order chi connectivity index (χ0) is 14.1. The number of phenols is 3. The molecule has 2 unspecified atom stereocenters. The molecule has 0 saturated carbocycles. The molecular formula is C11H16N2O5. The van der Waals surface area contributed by atoms with Gasteiger partial charge in [-0.15, -0.1) is 0 Å². The molecule has 1 aromatic rings. The van der Waals surface area contributed by atoms with Crippen molar-refractivity contribution in [2.24, 2.45) is 5.84 Å². The Kier molecular flexibility index (Phi) is 3.68. The van der Waals surface area contributed by atoms with Crippen molar-refractivity contribution in [2.75, 3.05) is 0 Å². The van der Waals surface area contributed by atoms with Gasteiger partial charge in [0.2, 0.25) is 0 Å². The molecule has 1 aromatic carbocycles. The minimum atomic E-state index is -1.53. The summed E-state index contributed by atoms with van der Waals surface area (Å²) in [4.78, 5) is 11.2. The summed E-state index contributed by atoms with van der Waals surface area (Å²) in [6.45, 7) is 2.88. The van der Waals surface area contributed by atoms with E-state index < -0.39 is 28.9 Å². The third-order valence-corrected chi connectivity index (χ3v) is 3.20. The average Bonchev–Trinajstić information content (AvgIpc) is 2.31. The molecule has 7 heteroatoms. The number of carboxylic acid groups (broad SMARTS) is 1. The maximum atomic E-state index is 11.2. The van der Waals surface area contributed by atoms with Gasteiger partial charge in [-0.3, -0.25) is 10.6 Å². The number of benzene rings is 1. The Bertz CT molecular complexity index is 477. The van der Waals surface area contributed by atoms with Gasteiger partial charge < -0.3 is 20.4 Å². The van der Waals surface area contributed by atoms with Crippen LogP contribution in [-0.4, -0.2) is 31.9 Å². The minimum Gasteiger partial charge on any atom is -0.508 e. The first kappa shape index (κ1) is 14.1. The van der Waals surface area contributed by atoms with E-state index in [1.807, 2.05) is 0 Å². The van der Waals surface area contributed by atoms with E-state index in [9.17, 15) is 20.1 Å². The van der Waals surface area contributed by atoms with Crippen LogP contribution in [0.25, 0.3) is 0 Å². The number of phenolic OH excluding ortho intramolecular Hbond substituents is 3. The summed E-state index contributed by atoms with van der Waals surface area (Å²) in [5.74, 6) is 2.04. The highest BCUT2D eigenvalue weighted by molar-refractivity contribution is 5.80. The van der Waals surface area contributed by atoms with E-state index in [4.69, 9.17) is 10.9 Å². The Morgan fingerprint density at radius 1 is 1.28 bits per heavy atom. The van der Waals surface area contributed by atoms with Crippen LogP contribution in [0, 0.1) is 0 Å². The number of rotatable bonds is 4. The predicted molar refractivity (Wildman–Crippen MR) is 63.2 cm³/mol. The zero-order valence-corrected chi connectivity index (χ0v) is 10.0. The van der Waals surface area contributed by atoms with Crippen molar-refractivity contribution >= 4 is 5.97 Å². The Morgan fingerprint density at radius 2 is 1.78 bits per heavy atom. The van der Waals surface area contributed by atoms with Crippen LogP contribution >= 0.6 is 0 Å². The highest BCUT2D eigenvalue weighted by Gasteiger charge is 2.40. The number of aromatic hydroxyl groups is 3. The van der Waals surface area contributed by atoms with Crippen LogP contribution in [0.1, 0.15) is 25.3 Å². The maximum Gasteiger partial charge on any atom is 0.325 e. The van der Waals surface area contributed by atoms with Crippen molar-refractivity contribution in [3.63, 3.8) is 0 Å². The van der Waals surface area contributed by atoms with E-state index in [-0.39, 0.29) is 11.3 Å². The average molecular weight is 256 g/mol. The molecule has 0 aliphatic rings. The number of carboxylic acids is 1.